The van der Waals surface area contributed by atoms with E-state index in [0.29, 0.717) is 24.7 Å². The Bertz CT molecular complexity index is 646. The molecule has 6 nitrogen and oxygen atoms in total. The van der Waals surface area contributed by atoms with Crippen LogP contribution in [0, 0.1) is 6.92 Å². The van der Waals surface area contributed by atoms with E-state index in [1.807, 2.05) is 25.1 Å². The summed E-state index contributed by atoms with van der Waals surface area (Å²) in [5.41, 5.74) is 2.42. The summed E-state index contributed by atoms with van der Waals surface area (Å²) in [5, 5.41) is 5.81. The number of carbonyl (C=O) groups excluding carboxylic acids is 1. The van der Waals surface area contributed by atoms with Crippen molar-refractivity contribution >= 4 is 33.5 Å². The van der Waals surface area contributed by atoms with Crippen molar-refractivity contribution < 1.29 is 9.53 Å². The number of hydrogen-bond donors (Lipinski definition) is 2. The fourth-order valence-electron chi connectivity index (χ4n) is 1.72. The highest BCUT2D eigenvalue weighted by Gasteiger charge is 2.07. The van der Waals surface area contributed by atoms with Crippen LogP contribution in [0.1, 0.15) is 15.9 Å². The number of rotatable bonds is 6. The van der Waals surface area contributed by atoms with E-state index in [1.165, 1.54) is 12.4 Å². The van der Waals surface area contributed by atoms with Gasteiger partial charge < -0.3 is 15.4 Å². The Balaban J connectivity index is 2.01. The third-order valence-electron chi connectivity index (χ3n) is 2.88. The lowest BCUT2D eigenvalue weighted by molar-refractivity contribution is 0.0936. The molecule has 2 N–H and O–H groups in total. The van der Waals surface area contributed by atoms with Gasteiger partial charge >= 0.3 is 0 Å². The SMILES string of the molecule is COCCNC(=O)c1cnc(Nc2ccc(C)cc2Br)nc1. The molecular weight excluding hydrogens is 348 g/mol. The zero-order valence-electron chi connectivity index (χ0n) is 12.4. The van der Waals surface area contributed by atoms with E-state index in [9.17, 15) is 4.79 Å². The Kier molecular flexibility index (Phi) is 5.85. The Hall–Kier alpha value is -1.99. The van der Waals surface area contributed by atoms with Crippen molar-refractivity contribution in [3.8, 4) is 0 Å². The van der Waals surface area contributed by atoms with E-state index >= 15 is 0 Å². The summed E-state index contributed by atoms with van der Waals surface area (Å²) in [4.78, 5) is 20.1. The minimum atomic E-state index is -0.222. The molecule has 1 aromatic carbocycles. The lowest BCUT2D eigenvalue weighted by atomic mass is 10.2. The number of anilines is 2. The van der Waals surface area contributed by atoms with Crippen molar-refractivity contribution in [1.29, 1.82) is 0 Å². The zero-order chi connectivity index (χ0) is 15.9. The van der Waals surface area contributed by atoms with Gasteiger partial charge in [-0.25, -0.2) is 9.97 Å². The van der Waals surface area contributed by atoms with Gasteiger partial charge in [-0.3, -0.25) is 4.79 Å². The van der Waals surface area contributed by atoms with Crippen molar-refractivity contribution in [1.82, 2.24) is 15.3 Å². The van der Waals surface area contributed by atoms with Crippen molar-refractivity contribution in [2.75, 3.05) is 25.6 Å². The molecular formula is C15H17BrN4O2. The number of halogens is 1. The fourth-order valence-corrected chi connectivity index (χ4v) is 2.31. The highest BCUT2D eigenvalue weighted by atomic mass is 79.9. The summed E-state index contributed by atoms with van der Waals surface area (Å²) in [7, 11) is 1.58. The topological polar surface area (TPSA) is 76.1 Å². The third kappa shape index (κ3) is 4.51. The Morgan fingerprint density at radius 1 is 1.32 bits per heavy atom. The van der Waals surface area contributed by atoms with Crippen molar-refractivity contribution in [2.24, 2.45) is 0 Å². The normalized spacial score (nSPS) is 10.3. The maximum Gasteiger partial charge on any atom is 0.254 e. The molecule has 0 bridgehead atoms. The molecule has 2 aromatic rings. The van der Waals surface area contributed by atoms with Crippen LogP contribution >= 0.6 is 15.9 Å². The minimum Gasteiger partial charge on any atom is -0.383 e. The second-order valence-electron chi connectivity index (χ2n) is 4.65. The number of methoxy groups -OCH3 is 1. The summed E-state index contributed by atoms with van der Waals surface area (Å²) >= 11 is 3.48. The first-order valence-corrected chi connectivity index (χ1v) is 7.52. The molecule has 0 fully saturated rings. The Labute approximate surface area is 137 Å². The van der Waals surface area contributed by atoms with Gasteiger partial charge in [-0.2, -0.15) is 0 Å². The quantitative estimate of drug-likeness (QED) is 0.770. The van der Waals surface area contributed by atoms with E-state index in [0.717, 1.165) is 15.7 Å². The molecule has 2 rings (SSSR count). The molecule has 0 saturated carbocycles. The van der Waals surface area contributed by atoms with E-state index in [4.69, 9.17) is 4.74 Å². The molecule has 1 aromatic heterocycles. The number of carbonyl (C=O) groups is 1. The first-order chi connectivity index (χ1) is 10.6. The van der Waals surface area contributed by atoms with Crippen LogP contribution in [0.3, 0.4) is 0 Å². The van der Waals surface area contributed by atoms with Crippen LogP contribution in [0.2, 0.25) is 0 Å². The second-order valence-corrected chi connectivity index (χ2v) is 5.51. The summed E-state index contributed by atoms with van der Waals surface area (Å²) in [5.74, 6) is 0.207. The molecule has 0 aliphatic rings. The third-order valence-corrected chi connectivity index (χ3v) is 3.53. The van der Waals surface area contributed by atoms with Crippen LogP contribution in [0.15, 0.2) is 35.1 Å². The van der Waals surface area contributed by atoms with Gasteiger partial charge in [-0.1, -0.05) is 6.07 Å². The van der Waals surface area contributed by atoms with Crippen LogP contribution in [0.5, 0.6) is 0 Å². The molecule has 0 unspecified atom stereocenters. The molecule has 22 heavy (non-hydrogen) atoms. The number of amides is 1. The van der Waals surface area contributed by atoms with Crippen LogP contribution in [0.25, 0.3) is 0 Å². The van der Waals surface area contributed by atoms with E-state index in [-0.39, 0.29) is 5.91 Å². The van der Waals surface area contributed by atoms with Gasteiger partial charge in [0.2, 0.25) is 5.95 Å². The lowest BCUT2D eigenvalue weighted by Crippen LogP contribution is -2.27. The molecule has 0 saturated heterocycles. The molecule has 116 valence electrons. The first-order valence-electron chi connectivity index (χ1n) is 6.72. The molecule has 7 heteroatoms. The first kappa shape index (κ1) is 16.4. The molecule has 1 heterocycles. The molecule has 0 aliphatic carbocycles. The molecule has 0 atom stereocenters. The standard InChI is InChI=1S/C15H17BrN4O2/c1-10-3-4-13(12(16)7-10)20-15-18-8-11(9-19-15)14(21)17-5-6-22-2/h3-4,7-9H,5-6H2,1-2H3,(H,17,21)(H,18,19,20). The molecule has 1 amide bonds. The summed E-state index contributed by atoms with van der Waals surface area (Å²) in [6.45, 7) is 2.93. The average molecular weight is 365 g/mol. The van der Waals surface area contributed by atoms with Gasteiger partial charge in [0.05, 0.1) is 17.9 Å². The Morgan fingerprint density at radius 2 is 2.05 bits per heavy atom. The average Bonchev–Trinajstić information content (AvgIpc) is 2.51. The van der Waals surface area contributed by atoms with Gasteiger partial charge in [0.15, 0.2) is 0 Å². The van der Waals surface area contributed by atoms with Crippen molar-refractivity contribution in [3.05, 3.63) is 46.2 Å². The monoisotopic (exact) mass is 364 g/mol. The summed E-state index contributed by atoms with van der Waals surface area (Å²) < 4.78 is 5.80. The highest BCUT2D eigenvalue weighted by Crippen LogP contribution is 2.25. The molecule has 0 spiro atoms. The zero-order valence-corrected chi connectivity index (χ0v) is 14.0. The maximum atomic E-state index is 11.8. The van der Waals surface area contributed by atoms with E-state index in [2.05, 4.69) is 36.5 Å². The second kappa shape index (κ2) is 7.86. The number of hydrogen-bond acceptors (Lipinski definition) is 5. The summed E-state index contributed by atoms with van der Waals surface area (Å²) in [6, 6.07) is 5.93. The van der Waals surface area contributed by atoms with Crippen LogP contribution < -0.4 is 10.6 Å². The molecule has 0 aliphatic heterocycles. The van der Waals surface area contributed by atoms with E-state index < -0.39 is 0 Å². The van der Waals surface area contributed by atoms with Gasteiger partial charge in [-0.05, 0) is 40.5 Å². The molecule has 0 radical (unpaired) electrons. The lowest BCUT2D eigenvalue weighted by Gasteiger charge is -2.08. The maximum absolute atomic E-state index is 11.8. The number of benzene rings is 1. The van der Waals surface area contributed by atoms with Gasteiger partial charge in [0.25, 0.3) is 5.91 Å². The largest absolute Gasteiger partial charge is 0.383 e. The number of nitrogens with zero attached hydrogens (tertiary/aromatic N) is 2. The minimum absolute atomic E-state index is 0.222. The smallest absolute Gasteiger partial charge is 0.254 e. The highest BCUT2D eigenvalue weighted by molar-refractivity contribution is 9.10. The van der Waals surface area contributed by atoms with Crippen LogP contribution in [-0.4, -0.2) is 36.1 Å². The number of aromatic nitrogens is 2. The number of nitrogens with one attached hydrogen (secondary N) is 2. The summed E-state index contributed by atoms with van der Waals surface area (Å²) in [6.07, 6.45) is 2.97. The Morgan fingerprint density at radius 3 is 2.68 bits per heavy atom. The van der Waals surface area contributed by atoms with Crippen molar-refractivity contribution in [3.63, 3.8) is 0 Å². The van der Waals surface area contributed by atoms with E-state index in [1.54, 1.807) is 7.11 Å². The predicted molar refractivity (Wildman–Crippen MR) is 88.4 cm³/mol. The number of aryl methyl sites for hydroxylation is 1. The van der Waals surface area contributed by atoms with Crippen molar-refractivity contribution in [2.45, 2.75) is 6.92 Å². The van der Waals surface area contributed by atoms with Gasteiger partial charge in [-0.15, -0.1) is 0 Å². The number of ether oxygens (including phenoxy) is 1. The predicted octanol–water partition coefficient (Wildman–Crippen LogP) is 2.67. The van der Waals surface area contributed by atoms with Gasteiger partial charge in [0, 0.05) is 30.5 Å². The van der Waals surface area contributed by atoms with Crippen LogP contribution in [0.4, 0.5) is 11.6 Å². The fraction of sp³-hybridized carbons (Fsp3) is 0.267. The van der Waals surface area contributed by atoms with Gasteiger partial charge in [0.1, 0.15) is 0 Å². The van der Waals surface area contributed by atoms with Crippen LogP contribution in [-0.2, 0) is 4.74 Å².